The number of piperazine rings is 1. The van der Waals surface area contributed by atoms with E-state index < -0.39 is 0 Å². The normalized spacial score (nSPS) is 17.1. The van der Waals surface area contributed by atoms with Crippen LogP contribution < -0.4 is 0 Å². The molecule has 0 atom stereocenters. The first-order chi connectivity index (χ1) is 16.1. The Morgan fingerprint density at radius 1 is 0.939 bits per heavy atom. The van der Waals surface area contributed by atoms with Crippen LogP contribution in [0.5, 0.6) is 0 Å². The Hall–Kier alpha value is -2.39. The fraction of sp³-hybridized carbons (Fsp3) is 0.292. The van der Waals surface area contributed by atoms with Gasteiger partial charge in [0.05, 0.1) is 0 Å². The van der Waals surface area contributed by atoms with Gasteiger partial charge in [-0.25, -0.2) is 4.98 Å². The zero-order valence-corrected chi connectivity index (χ0v) is 20.3. The summed E-state index contributed by atoms with van der Waals surface area (Å²) in [5, 5.41) is 3.10. The van der Waals surface area contributed by atoms with Crippen molar-refractivity contribution in [3.63, 3.8) is 0 Å². The molecule has 0 unspecified atom stereocenters. The maximum absolute atomic E-state index is 12.9. The third-order valence-corrected chi connectivity index (χ3v) is 8.01. The number of hydrogen-bond acceptors (Lipinski definition) is 6. The van der Waals surface area contributed by atoms with E-state index in [0.717, 1.165) is 36.0 Å². The number of carbonyl (C=O) groups is 2. The van der Waals surface area contributed by atoms with E-state index in [-0.39, 0.29) is 11.8 Å². The molecule has 2 saturated heterocycles. The molecule has 2 aromatic carbocycles. The lowest BCUT2D eigenvalue weighted by molar-refractivity contribution is 0.00853. The molecular weight excluding hydrogens is 476 g/mol. The minimum Gasteiger partial charge on any atom is -0.335 e. The second-order valence-electron chi connectivity index (χ2n) is 8.11. The molecule has 6 nitrogen and oxygen atoms in total. The highest BCUT2D eigenvalue weighted by Gasteiger charge is 2.37. The molecule has 0 bridgehead atoms. The number of rotatable bonds is 5. The van der Waals surface area contributed by atoms with Gasteiger partial charge in [0.1, 0.15) is 0 Å². The van der Waals surface area contributed by atoms with Crippen LogP contribution in [0.15, 0.2) is 69.9 Å². The minimum atomic E-state index is 0.0204. The summed E-state index contributed by atoms with van der Waals surface area (Å²) in [6.45, 7) is 4.54. The van der Waals surface area contributed by atoms with Crippen LogP contribution in [0, 0.1) is 0 Å². The molecule has 0 radical (unpaired) electrons. The quantitative estimate of drug-likeness (QED) is 0.527. The molecule has 3 aromatic rings. The number of benzene rings is 2. The average molecular weight is 499 g/mol. The molecule has 33 heavy (non-hydrogen) atoms. The van der Waals surface area contributed by atoms with Crippen molar-refractivity contribution in [2.24, 2.45) is 0 Å². The second-order valence-corrected chi connectivity index (χ2v) is 10.6. The van der Waals surface area contributed by atoms with Gasteiger partial charge >= 0.3 is 0 Å². The Morgan fingerprint density at radius 3 is 2.36 bits per heavy atom. The lowest BCUT2D eigenvalue weighted by atomic mass is 10.0. The third kappa shape index (κ3) is 5.09. The van der Waals surface area contributed by atoms with Gasteiger partial charge in [-0.05, 0) is 42.5 Å². The Bertz CT molecular complexity index is 1130. The fourth-order valence-electron chi connectivity index (χ4n) is 4.12. The predicted octanol–water partition coefficient (Wildman–Crippen LogP) is 4.23. The van der Waals surface area contributed by atoms with E-state index in [1.54, 1.807) is 18.0 Å². The number of nitrogens with zero attached hydrogens (tertiary/aromatic N) is 4. The standard InChI is InChI=1S/C24H23ClN4O2S2/c25-18-2-1-3-21(14-18)33-20-6-4-17(5-7-20)23(30)29-15-19(16-29)27-9-11-28(12-10-27)24(31)22-26-8-13-32-22/h1-8,13-14,19H,9-12,15-16H2. The summed E-state index contributed by atoms with van der Waals surface area (Å²) in [5.41, 5.74) is 0.711. The van der Waals surface area contributed by atoms with E-state index >= 15 is 0 Å². The number of amides is 2. The summed E-state index contributed by atoms with van der Waals surface area (Å²) in [5.74, 6) is 0.0928. The topological polar surface area (TPSA) is 56.8 Å². The van der Waals surface area contributed by atoms with Gasteiger partial charge < -0.3 is 9.80 Å². The summed E-state index contributed by atoms with van der Waals surface area (Å²) in [6.07, 6.45) is 1.67. The van der Waals surface area contributed by atoms with Crippen LogP contribution in [0.25, 0.3) is 0 Å². The smallest absolute Gasteiger partial charge is 0.282 e. The highest BCUT2D eigenvalue weighted by molar-refractivity contribution is 7.99. The number of hydrogen-bond donors (Lipinski definition) is 0. The van der Waals surface area contributed by atoms with E-state index in [4.69, 9.17) is 11.6 Å². The van der Waals surface area contributed by atoms with Crippen LogP contribution in [0.4, 0.5) is 0 Å². The van der Waals surface area contributed by atoms with Gasteiger partial charge in [0.2, 0.25) is 0 Å². The monoisotopic (exact) mass is 498 g/mol. The van der Waals surface area contributed by atoms with E-state index in [0.29, 0.717) is 34.7 Å². The zero-order chi connectivity index (χ0) is 22.8. The Labute approximate surface area is 206 Å². The molecule has 2 fully saturated rings. The Balaban J connectivity index is 1.10. The molecule has 0 saturated carbocycles. The van der Waals surface area contributed by atoms with Crippen molar-refractivity contribution in [3.05, 3.63) is 75.7 Å². The van der Waals surface area contributed by atoms with Gasteiger partial charge in [-0.2, -0.15) is 0 Å². The maximum Gasteiger partial charge on any atom is 0.282 e. The van der Waals surface area contributed by atoms with Crippen molar-refractivity contribution in [3.8, 4) is 0 Å². The molecule has 2 aliphatic rings. The van der Waals surface area contributed by atoms with E-state index in [1.807, 2.05) is 63.7 Å². The van der Waals surface area contributed by atoms with Crippen molar-refractivity contribution < 1.29 is 9.59 Å². The first-order valence-corrected chi connectivity index (χ1v) is 12.9. The highest BCUT2D eigenvalue weighted by Crippen LogP contribution is 2.30. The molecule has 0 N–H and O–H groups in total. The zero-order valence-electron chi connectivity index (χ0n) is 17.9. The van der Waals surface area contributed by atoms with Crippen molar-refractivity contribution in [1.82, 2.24) is 19.7 Å². The van der Waals surface area contributed by atoms with Crippen molar-refractivity contribution >= 4 is 46.5 Å². The summed E-state index contributed by atoms with van der Waals surface area (Å²) in [4.78, 5) is 37.7. The first kappa shape index (κ1) is 22.4. The number of thiazole rings is 1. The van der Waals surface area contributed by atoms with E-state index in [1.165, 1.54) is 11.3 Å². The summed E-state index contributed by atoms with van der Waals surface area (Å²) < 4.78 is 0. The highest BCUT2D eigenvalue weighted by atomic mass is 35.5. The number of carbonyl (C=O) groups excluding carboxylic acids is 2. The summed E-state index contributed by atoms with van der Waals surface area (Å²) >= 11 is 9.07. The van der Waals surface area contributed by atoms with Gasteiger partial charge in [0, 0.05) is 77.3 Å². The molecule has 1 aromatic heterocycles. The van der Waals surface area contributed by atoms with Crippen molar-refractivity contribution in [2.75, 3.05) is 39.3 Å². The second kappa shape index (κ2) is 9.85. The predicted molar refractivity (Wildman–Crippen MR) is 131 cm³/mol. The first-order valence-electron chi connectivity index (χ1n) is 10.8. The van der Waals surface area contributed by atoms with Gasteiger partial charge in [0.25, 0.3) is 11.8 Å². The largest absolute Gasteiger partial charge is 0.335 e. The molecule has 2 amide bonds. The molecule has 0 aliphatic carbocycles. The van der Waals surface area contributed by atoms with E-state index in [2.05, 4.69) is 9.88 Å². The molecule has 170 valence electrons. The molecule has 0 spiro atoms. The molecule has 2 aliphatic heterocycles. The van der Waals surface area contributed by atoms with E-state index in [9.17, 15) is 9.59 Å². The SMILES string of the molecule is O=C(c1ccc(Sc2cccc(Cl)c2)cc1)N1CC(N2CCN(C(=O)c3nccs3)CC2)C1. The Kier molecular flexibility index (Phi) is 6.69. The Morgan fingerprint density at radius 2 is 1.70 bits per heavy atom. The van der Waals surface area contributed by atoms with Gasteiger partial charge in [-0.15, -0.1) is 11.3 Å². The fourth-order valence-corrected chi connectivity index (χ4v) is 5.86. The number of likely N-dealkylation sites (tertiary alicyclic amines) is 1. The van der Waals surface area contributed by atoms with Gasteiger partial charge in [-0.3, -0.25) is 14.5 Å². The molecular formula is C24H23ClN4O2S2. The van der Waals surface area contributed by atoms with Crippen molar-refractivity contribution in [2.45, 2.75) is 15.8 Å². The summed E-state index contributed by atoms with van der Waals surface area (Å²) in [7, 11) is 0. The third-order valence-electron chi connectivity index (χ3n) is 6.02. The van der Waals surface area contributed by atoms with Crippen LogP contribution >= 0.6 is 34.7 Å². The number of aromatic nitrogens is 1. The van der Waals surface area contributed by atoms with Gasteiger partial charge in [0.15, 0.2) is 5.01 Å². The molecule has 9 heteroatoms. The van der Waals surface area contributed by atoms with Crippen molar-refractivity contribution in [1.29, 1.82) is 0 Å². The molecule has 3 heterocycles. The summed E-state index contributed by atoms with van der Waals surface area (Å²) in [6, 6.07) is 15.9. The van der Waals surface area contributed by atoms with Crippen LogP contribution in [-0.4, -0.2) is 76.8 Å². The average Bonchev–Trinajstić information content (AvgIpc) is 3.34. The van der Waals surface area contributed by atoms with Crippen LogP contribution in [-0.2, 0) is 0 Å². The lowest BCUT2D eigenvalue weighted by Gasteiger charge is -2.48. The maximum atomic E-state index is 12.9. The minimum absolute atomic E-state index is 0.0204. The van der Waals surface area contributed by atoms with Crippen LogP contribution in [0.1, 0.15) is 20.2 Å². The lowest BCUT2D eigenvalue weighted by Crippen LogP contribution is -2.64. The number of halogens is 1. The van der Waals surface area contributed by atoms with Crippen LogP contribution in [0.3, 0.4) is 0 Å². The van der Waals surface area contributed by atoms with Gasteiger partial charge in [-0.1, -0.05) is 29.4 Å². The van der Waals surface area contributed by atoms with Crippen LogP contribution in [0.2, 0.25) is 5.02 Å². The molecule has 5 rings (SSSR count).